The minimum absolute atomic E-state index is 0.0986. The first-order valence-corrected chi connectivity index (χ1v) is 7.24. The number of benzene rings is 1. The second-order valence-corrected chi connectivity index (χ2v) is 5.29. The Balaban J connectivity index is 2.71. The molecular weight excluding hydrogens is 337 g/mol. The summed E-state index contributed by atoms with van der Waals surface area (Å²) in [7, 11) is 0. The molecule has 0 spiro atoms. The van der Waals surface area contributed by atoms with Gasteiger partial charge in [-0.15, -0.1) is 0 Å². The Morgan fingerprint density at radius 3 is 2.50 bits per heavy atom. The molecule has 18 heavy (non-hydrogen) atoms. The van der Waals surface area contributed by atoms with Crippen LogP contribution >= 0.6 is 22.6 Å². The number of hydrogen-bond acceptors (Lipinski definition) is 1. The van der Waals surface area contributed by atoms with Crippen LogP contribution in [0.4, 0.5) is 0 Å². The topological polar surface area (TPSA) is 22.0 Å². The van der Waals surface area contributed by atoms with E-state index in [1.54, 1.807) is 0 Å². The summed E-state index contributed by atoms with van der Waals surface area (Å²) in [6.07, 6.45) is 0.972. The summed E-state index contributed by atoms with van der Waals surface area (Å²) in [6, 6.07) is 12.2. The van der Waals surface area contributed by atoms with E-state index in [-0.39, 0.29) is 5.56 Å². The molecule has 1 aromatic heterocycles. The van der Waals surface area contributed by atoms with Crippen LogP contribution in [0.5, 0.6) is 0 Å². The maximum Gasteiger partial charge on any atom is 0.264 e. The van der Waals surface area contributed by atoms with Crippen molar-refractivity contribution in [1.82, 2.24) is 4.57 Å². The van der Waals surface area contributed by atoms with Gasteiger partial charge in [-0.2, -0.15) is 0 Å². The molecule has 2 nitrogen and oxygen atoms in total. The van der Waals surface area contributed by atoms with E-state index in [0.717, 1.165) is 21.2 Å². The number of pyridine rings is 1. The van der Waals surface area contributed by atoms with Crippen LogP contribution in [0.1, 0.15) is 19.4 Å². The average Bonchev–Trinajstić information content (AvgIpc) is 2.41. The third-order valence-electron chi connectivity index (χ3n) is 3.12. The fraction of sp³-hybridized carbons (Fsp3) is 0.267. The van der Waals surface area contributed by atoms with Gasteiger partial charge in [0, 0.05) is 12.1 Å². The molecule has 2 aromatic rings. The smallest absolute Gasteiger partial charge is 0.264 e. The van der Waals surface area contributed by atoms with Crippen molar-refractivity contribution in [3.63, 3.8) is 0 Å². The van der Waals surface area contributed by atoms with Crippen molar-refractivity contribution in [2.45, 2.75) is 26.8 Å². The van der Waals surface area contributed by atoms with Gasteiger partial charge in [0.2, 0.25) is 0 Å². The van der Waals surface area contributed by atoms with Crippen molar-refractivity contribution in [3.05, 3.63) is 55.9 Å². The molecule has 1 aromatic carbocycles. The predicted molar refractivity (Wildman–Crippen MR) is 83.9 cm³/mol. The van der Waals surface area contributed by atoms with Crippen LogP contribution in [-0.2, 0) is 13.0 Å². The number of aryl methyl sites for hydroxylation is 1. The van der Waals surface area contributed by atoms with Crippen LogP contribution in [0.2, 0.25) is 0 Å². The lowest BCUT2D eigenvalue weighted by Crippen LogP contribution is -2.23. The van der Waals surface area contributed by atoms with E-state index >= 15 is 0 Å². The summed E-state index contributed by atoms with van der Waals surface area (Å²) >= 11 is 2.09. The number of rotatable bonds is 3. The molecule has 0 unspecified atom stereocenters. The molecule has 0 amide bonds. The molecule has 0 fully saturated rings. The minimum atomic E-state index is 0.0986. The highest BCUT2D eigenvalue weighted by atomic mass is 127. The van der Waals surface area contributed by atoms with Gasteiger partial charge < -0.3 is 4.57 Å². The van der Waals surface area contributed by atoms with E-state index in [4.69, 9.17) is 0 Å². The van der Waals surface area contributed by atoms with Gasteiger partial charge in [0.15, 0.2) is 0 Å². The first kappa shape index (κ1) is 13.3. The van der Waals surface area contributed by atoms with Crippen LogP contribution < -0.4 is 5.56 Å². The van der Waals surface area contributed by atoms with Crippen LogP contribution in [0, 0.1) is 3.57 Å². The molecule has 0 aliphatic heterocycles. The number of nitrogens with zero attached hydrogens (tertiary/aromatic N) is 1. The van der Waals surface area contributed by atoms with Gasteiger partial charge in [-0.05, 0) is 53.6 Å². The normalized spacial score (nSPS) is 10.6. The number of aromatic nitrogens is 1. The van der Waals surface area contributed by atoms with Crippen molar-refractivity contribution in [2.75, 3.05) is 0 Å². The first-order chi connectivity index (χ1) is 8.69. The molecular formula is C15H16INO. The molecule has 2 rings (SSSR count). The van der Waals surface area contributed by atoms with Gasteiger partial charge in [-0.3, -0.25) is 4.79 Å². The van der Waals surface area contributed by atoms with Gasteiger partial charge in [0.1, 0.15) is 0 Å². The lowest BCUT2D eigenvalue weighted by atomic mass is 10.0. The maximum atomic E-state index is 12.1. The quantitative estimate of drug-likeness (QED) is 0.772. The molecule has 0 N–H and O–H groups in total. The maximum absolute atomic E-state index is 12.1. The van der Waals surface area contributed by atoms with Crippen molar-refractivity contribution in [1.29, 1.82) is 0 Å². The largest absolute Gasteiger partial charge is 0.308 e. The zero-order valence-electron chi connectivity index (χ0n) is 10.6. The highest BCUT2D eigenvalue weighted by Gasteiger charge is 2.10. The summed E-state index contributed by atoms with van der Waals surface area (Å²) in [4.78, 5) is 12.1. The Morgan fingerprint density at radius 2 is 1.83 bits per heavy atom. The minimum Gasteiger partial charge on any atom is -0.308 e. The van der Waals surface area contributed by atoms with Crippen LogP contribution in [0.15, 0.2) is 41.2 Å². The van der Waals surface area contributed by atoms with Crippen LogP contribution in [0.3, 0.4) is 0 Å². The van der Waals surface area contributed by atoms with Crippen molar-refractivity contribution in [2.24, 2.45) is 0 Å². The summed E-state index contributed by atoms with van der Waals surface area (Å²) in [5.74, 6) is 0. The molecule has 0 saturated carbocycles. The van der Waals surface area contributed by atoms with Crippen molar-refractivity contribution in [3.8, 4) is 11.3 Å². The van der Waals surface area contributed by atoms with Crippen molar-refractivity contribution >= 4 is 22.6 Å². The summed E-state index contributed by atoms with van der Waals surface area (Å²) in [5, 5.41) is 0. The van der Waals surface area contributed by atoms with E-state index in [1.165, 1.54) is 5.56 Å². The molecule has 0 aliphatic rings. The fourth-order valence-corrected chi connectivity index (χ4v) is 2.65. The Kier molecular flexibility index (Phi) is 4.22. The lowest BCUT2D eigenvalue weighted by molar-refractivity contribution is 0.730. The Hall–Kier alpha value is -1.10. The second kappa shape index (κ2) is 5.69. The van der Waals surface area contributed by atoms with Gasteiger partial charge in [0.25, 0.3) is 5.56 Å². The van der Waals surface area contributed by atoms with Crippen LogP contribution in [-0.4, -0.2) is 4.57 Å². The van der Waals surface area contributed by atoms with Gasteiger partial charge in [-0.1, -0.05) is 31.2 Å². The van der Waals surface area contributed by atoms with Gasteiger partial charge >= 0.3 is 0 Å². The number of hydrogen-bond donors (Lipinski definition) is 0. The lowest BCUT2D eigenvalue weighted by Gasteiger charge is -2.14. The molecule has 0 radical (unpaired) electrons. The second-order valence-electron chi connectivity index (χ2n) is 4.13. The average molecular weight is 353 g/mol. The highest BCUT2D eigenvalue weighted by Crippen LogP contribution is 2.23. The molecule has 94 valence electrons. The fourth-order valence-electron chi connectivity index (χ4n) is 2.18. The van der Waals surface area contributed by atoms with E-state index in [0.29, 0.717) is 6.54 Å². The van der Waals surface area contributed by atoms with E-state index in [1.807, 2.05) is 35.8 Å². The van der Waals surface area contributed by atoms with Gasteiger partial charge in [0.05, 0.1) is 9.26 Å². The summed E-state index contributed by atoms with van der Waals surface area (Å²) in [5.41, 5.74) is 3.55. The molecule has 0 aliphatic carbocycles. The number of halogens is 1. The zero-order chi connectivity index (χ0) is 13.1. The highest BCUT2D eigenvalue weighted by molar-refractivity contribution is 14.1. The molecule has 0 bridgehead atoms. The predicted octanol–water partition coefficient (Wildman–Crippen LogP) is 3.70. The molecule has 0 atom stereocenters. The third-order valence-corrected chi connectivity index (χ3v) is 3.94. The van der Waals surface area contributed by atoms with Gasteiger partial charge in [-0.25, -0.2) is 0 Å². The molecule has 3 heteroatoms. The van der Waals surface area contributed by atoms with Crippen molar-refractivity contribution < 1.29 is 0 Å². The van der Waals surface area contributed by atoms with E-state index in [2.05, 4.69) is 41.6 Å². The zero-order valence-corrected chi connectivity index (χ0v) is 12.8. The monoisotopic (exact) mass is 353 g/mol. The SMILES string of the molecule is CCc1ccccc1-c1ccc(I)c(=O)n1CC. The van der Waals surface area contributed by atoms with E-state index in [9.17, 15) is 4.79 Å². The van der Waals surface area contributed by atoms with Crippen LogP contribution in [0.25, 0.3) is 11.3 Å². The Bertz CT molecular complexity index is 616. The van der Waals surface area contributed by atoms with E-state index < -0.39 is 0 Å². The standard InChI is InChI=1S/C15H16INO/c1-3-11-7-5-6-8-12(11)14-10-9-13(16)15(18)17(14)4-2/h5-10H,3-4H2,1-2H3. The first-order valence-electron chi connectivity index (χ1n) is 6.16. The third kappa shape index (κ3) is 2.36. The molecule has 0 saturated heterocycles. The molecule has 1 heterocycles. The summed E-state index contributed by atoms with van der Waals surface area (Å²) in [6.45, 7) is 4.85. The Morgan fingerprint density at radius 1 is 1.11 bits per heavy atom. The Labute approximate surface area is 121 Å². The summed E-state index contributed by atoms with van der Waals surface area (Å²) < 4.78 is 2.61.